The monoisotopic (exact) mass is 508 g/mol. The van der Waals surface area contributed by atoms with Crippen LogP contribution < -0.4 is 5.32 Å². The van der Waals surface area contributed by atoms with Gasteiger partial charge in [0, 0.05) is 38.2 Å². The molecule has 6 heteroatoms. The molecule has 0 saturated carbocycles. The van der Waals surface area contributed by atoms with E-state index in [2.05, 4.69) is 68.2 Å². The van der Waals surface area contributed by atoms with Crippen molar-refractivity contribution in [3.05, 3.63) is 34.3 Å². The minimum atomic E-state index is 0. The molecule has 0 radical (unpaired) electrons. The smallest absolute Gasteiger partial charge is 0.193 e. The average molecular weight is 509 g/mol. The molecule has 1 saturated heterocycles. The lowest BCUT2D eigenvalue weighted by atomic mass is 9.98. The van der Waals surface area contributed by atoms with Gasteiger partial charge in [0.1, 0.15) is 0 Å². The predicted molar refractivity (Wildman–Crippen MR) is 117 cm³/mol. The van der Waals surface area contributed by atoms with Gasteiger partial charge in [0.2, 0.25) is 0 Å². The summed E-state index contributed by atoms with van der Waals surface area (Å²) in [6, 6.07) is 8.35. The summed E-state index contributed by atoms with van der Waals surface area (Å²) in [5, 5.41) is 3.56. The number of hydrogen-bond donors (Lipinski definition) is 1. The molecule has 136 valence electrons. The van der Waals surface area contributed by atoms with Gasteiger partial charge in [-0.3, -0.25) is 4.99 Å². The molecule has 1 unspecified atom stereocenters. The van der Waals surface area contributed by atoms with Crippen molar-refractivity contribution in [1.82, 2.24) is 15.1 Å². The highest BCUT2D eigenvalue weighted by atomic mass is 127. The number of hydrogen-bond acceptors (Lipinski definition) is 2. The van der Waals surface area contributed by atoms with Gasteiger partial charge in [0.25, 0.3) is 0 Å². The quantitative estimate of drug-likeness (QED) is 0.373. The molecular formula is C18H30BrIN4. The molecule has 1 aliphatic heterocycles. The number of nitrogens with one attached hydrogen (secondary N) is 1. The lowest BCUT2D eigenvalue weighted by Crippen LogP contribution is -2.44. The van der Waals surface area contributed by atoms with Gasteiger partial charge < -0.3 is 15.1 Å². The van der Waals surface area contributed by atoms with Gasteiger partial charge in [-0.2, -0.15) is 0 Å². The second-order valence-electron chi connectivity index (χ2n) is 6.28. The van der Waals surface area contributed by atoms with Crippen LogP contribution in [0.2, 0.25) is 0 Å². The molecule has 1 atom stereocenters. The normalized spacial score (nSPS) is 18.8. The second-order valence-corrected chi connectivity index (χ2v) is 7.13. The van der Waals surface area contributed by atoms with E-state index in [-0.39, 0.29) is 24.0 Å². The summed E-state index contributed by atoms with van der Waals surface area (Å²) in [5.41, 5.74) is 1.27. The minimum Gasteiger partial charge on any atom is -0.356 e. The third kappa shape index (κ3) is 6.52. The molecule has 24 heavy (non-hydrogen) atoms. The Balaban J connectivity index is 0.00000288. The van der Waals surface area contributed by atoms with Gasteiger partial charge in [-0.05, 0) is 43.5 Å². The fraction of sp³-hybridized carbons (Fsp3) is 0.611. The highest BCUT2D eigenvalue weighted by Gasteiger charge is 2.19. The number of halogens is 2. The summed E-state index contributed by atoms with van der Waals surface area (Å²) in [7, 11) is 3.95. The van der Waals surface area contributed by atoms with Crippen molar-refractivity contribution in [3.63, 3.8) is 0 Å². The summed E-state index contributed by atoms with van der Waals surface area (Å²) in [6.45, 7) is 7.71. The van der Waals surface area contributed by atoms with Crippen LogP contribution in [0.4, 0.5) is 0 Å². The van der Waals surface area contributed by atoms with E-state index in [0.29, 0.717) is 0 Å². The molecule has 1 heterocycles. The lowest BCUT2D eigenvalue weighted by Gasteiger charge is -2.33. The number of benzene rings is 1. The fourth-order valence-electron chi connectivity index (χ4n) is 3.18. The van der Waals surface area contributed by atoms with E-state index in [9.17, 15) is 0 Å². The van der Waals surface area contributed by atoms with E-state index < -0.39 is 0 Å². The van der Waals surface area contributed by atoms with Gasteiger partial charge in [0.15, 0.2) is 5.96 Å². The van der Waals surface area contributed by atoms with Gasteiger partial charge in [-0.1, -0.05) is 41.1 Å². The van der Waals surface area contributed by atoms with Crippen LogP contribution in [0.3, 0.4) is 0 Å². The van der Waals surface area contributed by atoms with E-state index in [1.54, 1.807) is 0 Å². The molecule has 0 bridgehead atoms. The van der Waals surface area contributed by atoms with Gasteiger partial charge in [-0.25, -0.2) is 0 Å². The number of piperidine rings is 1. The summed E-state index contributed by atoms with van der Waals surface area (Å²) >= 11 is 3.62. The average Bonchev–Trinajstić information content (AvgIpc) is 2.57. The van der Waals surface area contributed by atoms with Crippen molar-refractivity contribution < 1.29 is 0 Å². The maximum atomic E-state index is 4.44. The summed E-state index contributed by atoms with van der Waals surface area (Å²) in [4.78, 5) is 9.17. The van der Waals surface area contributed by atoms with Crippen LogP contribution in [0.25, 0.3) is 0 Å². The topological polar surface area (TPSA) is 30.9 Å². The lowest BCUT2D eigenvalue weighted by molar-refractivity contribution is 0.183. The number of rotatable bonds is 5. The zero-order valence-electron chi connectivity index (χ0n) is 15.0. The Labute approximate surface area is 172 Å². The van der Waals surface area contributed by atoms with Crippen LogP contribution in [0.5, 0.6) is 0 Å². The third-order valence-electron chi connectivity index (χ3n) is 4.54. The van der Waals surface area contributed by atoms with Gasteiger partial charge in [0.05, 0.1) is 0 Å². The molecule has 1 aromatic rings. The van der Waals surface area contributed by atoms with Crippen LogP contribution in [0.15, 0.2) is 33.7 Å². The minimum absolute atomic E-state index is 0. The first-order valence-corrected chi connectivity index (χ1v) is 9.30. The third-order valence-corrected chi connectivity index (χ3v) is 5.31. The standard InChI is InChI=1S/C18H29BrN4.HI/c1-4-23-11-7-8-15(13-23)12-21-18(20-2)22(3)14-16-9-5-6-10-17(16)19;/h5-6,9-10,15H,4,7-8,11-14H2,1-3H3,(H,20,21);1H. The SMILES string of the molecule is CCN1CCCC(CNC(=NC)N(C)Cc2ccccc2Br)C1.I. The zero-order valence-corrected chi connectivity index (χ0v) is 18.9. The molecule has 0 amide bonds. The Morgan fingerprint density at radius 3 is 2.83 bits per heavy atom. The first-order valence-electron chi connectivity index (χ1n) is 8.51. The van der Waals surface area contributed by atoms with Crippen molar-refractivity contribution in [3.8, 4) is 0 Å². The maximum Gasteiger partial charge on any atom is 0.193 e. The zero-order chi connectivity index (χ0) is 16.7. The Kier molecular flexibility index (Phi) is 10.2. The Morgan fingerprint density at radius 2 is 2.17 bits per heavy atom. The van der Waals surface area contributed by atoms with Crippen LogP contribution in [-0.4, -0.2) is 56.0 Å². The molecule has 1 aliphatic rings. The van der Waals surface area contributed by atoms with E-state index in [1.807, 2.05) is 13.1 Å². The summed E-state index contributed by atoms with van der Waals surface area (Å²) in [6.07, 6.45) is 2.63. The van der Waals surface area contributed by atoms with E-state index in [0.717, 1.165) is 36.0 Å². The number of likely N-dealkylation sites (tertiary alicyclic amines) is 1. The Bertz CT molecular complexity index is 523. The van der Waals surface area contributed by atoms with Crippen molar-refractivity contribution in [1.29, 1.82) is 0 Å². The number of aliphatic imine (C=N–C) groups is 1. The number of guanidine groups is 1. The molecule has 1 aromatic carbocycles. The molecule has 4 nitrogen and oxygen atoms in total. The van der Waals surface area contributed by atoms with Crippen molar-refractivity contribution in [2.45, 2.75) is 26.3 Å². The summed E-state index contributed by atoms with van der Waals surface area (Å²) in [5.74, 6) is 1.69. The molecular weight excluding hydrogens is 479 g/mol. The van der Waals surface area contributed by atoms with Crippen LogP contribution in [0.1, 0.15) is 25.3 Å². The fourth-order valence-corrected chi connectivity index (χ4v) is 3.59. The van der Waals surface area contributed by atoms with Crippen molar-refractivity contribution in [2.24, 2.45) is 10.9 Å². The first-order chi connectivity index (χ1) is 11.1. The molecule has 1 N–H and O–H groups in total. The summed E-state index contributed by atoms with van der Waals surface area (Å²) < 4.78 is 1.15. The Hall–Kier alpha value is -0.340. The largest absolute Gasteiger partial charge is 0.356 e. The second kappa shape index (κ2) is 11.3. The van der Waals surface area contributed by atoms with E-state index in [4.69, 9.17) is 0 Å². The Morgan fingerprint density at radius 1 is 1.42 bits per heavy atom. The van der Waals surface area contributed by atoms with E-state index >= 15 is 0 Å². The van der Waals surface area contributed by atoms with E-state index in [1.165, 1.54) is 31.5 Å². The first kappa shape index (κ1) is 21.7. The van der Waals surface area contributed by atoms with Crippen LogP contribution >= 0.6 is 39.9 Å². The molecule has 0 spiro atoms. The molecule has 0 aromatic heterocycles. The highest BCUT2D eigenvalue weighted by molar-refractivity contribution is 14.0. The van der Waals surface area contributed by atoms with Crippen molar-refractivity contribution in [2.75, 3.05) is 40.3 Å². The predicted octanol–water partition coefficient (Wildman–Crippen LogP) is 3.81. The molecule has 2 rings (SSSR count). The highest BCUT2D eigenvalue weighted by Crippen LogP contribution is 2.18. The van der Waals surface area contributed by atoms with Gasteiger partial charge in [-0.15, -0.1) is 24.0 Å². The molecule has 1 fully saturated rings. The van der Waals surface area contributed by atoms with Crippen molar-refractivity contribution >= 4 is 45.9 Å². The van der Waals surface area contributed by atoms with Crippen LogP contribution in [-0.2, 0) is 6.54 Å². The number of nitrogens with zero attached hydrogens (tertiary/aromatic N) is 3. The maximum absolute atomic E-state index is 4.44. The molecule has 0 aliphatic carbocycles. The van der Waals surface area contributed by atoms with Crippen LogP contribution in [0, 0.1) is 5.92 Å². The van der Waals surface area contributed by atoms with Gasteiger partial charge >= 0.3 is 0 Å².